The van der Waals surface area contributed by atoms with Crippen molar-refractivity contribution in [3.8, 4) is 0 Å². The van der Waals surface area contributed by atoms with Gasteiger partial charge in [-0.15, -0.1) is 0 Å². The molecule has 1 aliphatic carbocycles. The van der Waals surface area contributed by atoms with Crippen LogP contribution in [0.2, 0.25) is 0 Å². The normalized spacial score (nSPS) is 23.4. The van der Waals surface area contributed by atoms with Crippen molar-refractivity contribution in [2.45, 2.75) is 38.4 Å². The van der Waals surface area contributed by atoms with Crippen LogP contribution in [0.5, 0.6) is 0 Å². The first kappa shape index (κ1) is 14.0. The number of pyridine rings is 1. The molecule has 106 valence electrons. The first-order valence-corrected chi connectivity index (χ1v) is 6.43. The van der Waals surface area contributed by atoms with Crippen LogP contribution in [0.25, 0.3) is 0 Å². The molecule has 0 bridgehead atoms. The number of aromatic nitrogens is 1. The lowest BCUT2D eigenvalue weighted by Crippen LogP contribution is -2.23. The highest BCUT2D eigenvalue weighted by Gasteiger charge is 2.32. The largest absolute Gasteiger partial charge is 0.416 e. The van der Waals surface area contributed by atoms with Gasteiger partial charge in [0.1, 0.15) is 11.6 Å². The van der Waals surface area contributed by atoms with Gasteiger partial charge in [0, 0.05) is 13.1 Å². The van der Waals surface area contributed by atoms with E-state index in [1.165, 1.54) is 0 Å². The molecule has 1 saturated carbocycles. The molecule has 0 aliphatic heterocycles. The summed E-state index contributed by atoms with van der Waals surface area (Å²) in [6.45, 7) is 2.11. The lowest BCUT2D eigenvalue weighted by molar-refractivity contribution is -0.137. The Kier molecular flexibility index (Phi) is 3.87. The van der Waals surface area contributed by atoms with Gasteiger partial charge in [-0.3, -0.25) is 0 Å². The van der Waals surface area contributed by atoms with E-state index in [0.29, 0.717) is 5.92 Å². The topological polar surface area (TPSA) is 37.0 Å². The molecule has 0 spiro atoms. The van der Waals surface area contributed by atoms with Crippen molar-refractivity contribution < 1.29 is 13.2 Å². The van der Waals surface area contributed by atoms with Crippen molar-refractivity contribution in [3.63, 3.8) is 0 Å². The zero-order valence-corrected chi connectivity index (χ0v) is 11.0. The molecule has 0 amide bonds. The average Bonchev–Trinajstić information content (AvgIpc) is 2.73. The molecule has 1 heterocycles. The van der Waals surface area contributed by atoms with Crippen LogP contribution in [0.4, 0.5) is 24.8 Å². The summed E-state index contributed by atoms with van der Waals surface area (Å²) in [7, 11) is 1.56. The van der Waals surface area contributed by atoms with Crippen LogP contribution in [-0.2, 0) is 6.18 Å². The van der Waals surface area contributed by atoms with E-state index in [4.69, 9.17) is 0 Å². The van der Waals surface area contributed by atoms with Crippen molar-refractivity contribution in [1.29, 1.82) is 0 Å². The van der Waals surface area contributed by atoms with E-state index in [0.717, 1.165) is 31.4 Å². The zero-order valence-electron chi connectivity index (χ0n) is 11.0. The molecule has 2 N–H and O–H groups in total. The minimum absolute atomic E-state index is 0.209. The van der Waals surface area contributed by atoms with Crippen LogP contribution in [0.1, 0.15) is 31.7 Å². The molecule has 2 atom stereocenters. The Bertz CT molecular complexity index is 445. The lowest BCUT2D eigenvalue weighted by Gasteiger charge is -2.19. The molecular weight excluding hydrogens is 255 g/mol. The van der Waals surface area contributed by atoms with Gasteiger partial charge < -0.3 is 10.6 Å². The number of hydrogen-bond donors (Lipinski definition) is 2. The number of alkyl halides is 3. The van der Waals surface area contributed by atoms with Gasteiger partial charge >= 0.3 is 6.18 Å². The maximum Gasteiger partial charge on any atom is 0.416 e. The number of anilines is 2. The van der Waals surface area contributed by atoms with E-state index in [1.807, 2.05) is 0 Å². The van der Waals surface area contributed by atoms with Crippen molar-refractivity contribution in [1.82, 2.24) is 4.98 Å². The van der Waals surface area contributed by atoms with Crippen molar-refractivity contribution in [2.75, 3.05) is 17.7 Å². The summed E-state index contributed by atoms with van der Waals surface area (Å²) in [4.78, 5) is 4.14. The monoisotopic (exact) mass is 273 g/mol. The molecule has 19 heavy (non-hydrogen) atoms. The van der Waals surface area contributed by atoms with Gasteiger partial charge in [-0.1, -0.05) is 13.3 Å². The quantitative estimate of drug-likeness (QED) is 0.880. The summed E-state index contributed by atoms with van der Waals surface area (Å²) < 4.78 is 38.4. The highest BCUT2D eigenvalue weighted by atomic mass is 19.4. The molecule has 0 aromatic carbocycles. The number of halogens is 3. The Hall–Kier alpha value is -1.46. The third-order valence-electron chi connectivity index (χ3n) is 3.60. The Labute approximate surface area is 110 Å². The second kappa shape index (κ2) is 5.27. The number of nitrogens with one attached hydrogen (secondary N) is 2. The van der Waals surface area contributed by atoms with Gasteiger partial charge in [0.2, 0.25) is 0 Å². The molecule has 2 unspecified atom stereocenters. The summed E-state index contributed by atoms with van der Waals surface area (Å²) in [5.41, 5.74) is -0.681. The van der Waals surface area contributed by atoms with Gasteiger partial charge in [-0.25, -0.2) is 4.98 Å². The maximum atomic E-state index is 12.8. The zero-order chi connectivity index (χ0) is 14.0. The van der Waals surface area contributed by atoms with Gasteiger partial charge in [0.15, 0.2) is 0 Å². The van der Waals surface area contributed by atoms with Crippen LogP contribution in [0.3, 0.4) is 0 Å². The fraction of sp³-hybridized carbons (Fsp3) is 0.615. The highest BCUT2D eigenvalue weighted by molar-refractivity contribution is 5.50. The molecule has 1 fully saturated rings. The fourth-order valence-corrected chi connectivity index (χ4v) is 2.45. The lowest BCUT2D eigenvalue weighted by atomic mass is 10.1. The van der Waals surface area contributed by atoms with Crippen LogP contribution in [-0.4, -0.2) is 18.1 Å². The molecule has 0 saturated heterocycles. The van der Waals surface area contributed by atoms with E-state index in [-0.39, 0.29) is 17.7 Å². The van der Waals surface area contributed by atoms with E-state index in [9.17, 15) is 13.2 Å². The minimum atomic E-state index is -4.35. The molecule has 1 aliphatic rings. The second-order valence-corrected chi connectivity index (χ2v) is 5.03. The predicted octanol–water partition coefficient (Wildman–Crippen LogP) is 3.74. The van der Waals surface area contributed by atoms with Crippen molar-refractivity contribution in [2.24, 2.45) is 5.92 Å². The maximum absolute atomic E-state index is 12.8. The molecule has 1 aromatic rings. The summed E-state index contributed by atoms with van der Waals surface area (Å²) >= 11 is 0. The van der Waals surface area contributed by atoms with Crippen molar-refractivity contribution in [3.05, 3.63) is 17.7 Å². The molecule has 2 rings (SSSR count). The van der Waals surface area contributed by atoms with Crippen LogP contribution >= 0.6 is 0 Å². The first-order valence-electron chi connectivity index (χ1n) is 6.43. The van der Waals surface area contributed by atoms with Crippen LogP contribution in [0, 0.1) is 5.92 Å². The fourth-order valence-electron chi connectivity index (χ4n) is 2.45. The van der Waals surface area contributed by atoms with E-state index >= 15 is 0 Å². The summed E-state index contributed by atoms with van der Waals surface area (Å²) in [6, 6.07) is 2.30. The van der Waals surface area contributed by atoms with Crippen LogP contribution < -0.4 is 10.6 Å². The minimum Gasteiger partial charge on any atom is -0.373 e. The average molecular weight is 273 g/mol. The summed E-state index contributed by atoms with van der Waals surface area (Å²) in [5.74, 6) is 0.982. The second-order valence-electron chi connectivity index (χ2n) is 5.03. The van der Waals surface area contributed by atoms with E-state index in [2.05, 4.69) is 22.5 Å². The standard InChI is InChI=1S/C13H18F3N3/c1-8-4-3-5-10(8)18-12-7-9(13(14,15)16)6-11(17-2)19-12/h6-8,10H,3-5H2,1-2H3,(H2,17,18,19). The first-order chi connectivity index (χ1) is 8.90. The molecule has 6 heteroatoms. The number of rotatable bonds is 3. The summed E-state index contributed by atoms with van der Waals surface area (Å²) in [5, 5.41) is 5.79. The molecule has 0 radical (unpaired) electrons. The van der Waals surface area contributed by atoms with Crippen LogP contribution in [0.15, 0.2) is 12.1 Å². The SMILES string of the molecule is CNc1cc(C(F)(F)F)cc(NC2CCCC2C)n1. The predicted molar refractivity (Wildman–Crippen MR) is 69.2 cm³/mol. The smallest absolute Gasteiger partial charge is 0.373 e. The molecular formula is C13H18F3N3. The van der Waals surface area contributed by atoms with Gasteiger partial charge in [0.25, 0.3) is 0 Å². The third-order valence-corrected chi connectivity index (χ3v) is 3.60. The summed E-state index contributed by atoms with van der Waals surface area (Å²) in [6.07, 6.45) is -1.16. The Morgan fingerprint density at radius 3 is 2.42 bits per heavy atom. The van der Waals surface area contributed by atoms with Gasteiger partial charge in [0.05, 0.1) is 5.56 Å². The Morgan fingerprint density at radius 1 is 1.21 bits per heavy atom. The van der Waals surface area contributed by atoms with Crippen molar-refractivity contribution >= 4 is 11.6 Å². The highest BCUT2D eigenvalue weighted by Crippen LogP contribution is 2.33. The molecule has 3 nitrogen and oxygen atoms in total. The number of nitrogens with zero attached hydrogens (tertiary/aromatic N) is 1. The van der Waals surface area contributed by atoms with E-state index < -0.39 is 11.7 Å². The Morgan fingerprint density at radius 2 is 1.89 bits per heavy atom. The Balaban J connectivity index is 2.24. The number of hydrogen-bond acceptors (Lipinski definition) is 3. The van der Waals surface area contributed by atoms with E-state index in [1.54, 1.807) is 7.05 Å². The van der Waals surface area contributed by atoms with Gasteiger partial charge in [-0.05, 0) is 30.9 Å². The molecule has 1 aromatic heterocycles. The third kappa shape index (κ3) is 3.30. The van der Waals surface area contributed by atoms with Gasteiger partial charge in [-0.2, -0.15) is 13.2 Å².